The molecular weight excluding hydrogens is 234 g/mol. The highest BCUT2D eigenvalue weighted by molar-refractivity contribution is 5.39. The Bertz CT molecular complexity index is 590. The van der Waals surface area contributed by atoms with Crippen molar-refractivity contribution in [3.63, 3.8) is 0 Å². The van der Waals surface area contributed by atoms with Crippen LogP contribution in [0.25, 0.3) is 0 Å². The number of rotatable bonds is 1. The number of aryl methyl sites for hydroxylation is 1. The lowest BCUT2D eigenvalue weighted by Gasteiger charge is -2.24. The van der Waals surface area contributed by atoms with E-state index in [-0.39, 0.29) is 11.2 Å². The minimum atomic E-state index is -0.385. The molecule has 0 radical (unpaired) electrons. The van der Waals surface area contributed by atoms with Gasteiger partial charge in [0.25, 0.3) is 5.56 Å². The van der Waals surface area contributed by atoms with Gasteiger partial charge < -0.3 is 10.2 Å². The summed E-state index contributed by atoms with van der Waals surface area (Å²) in [7, 11) is 3.07. The molecule has 0 bridgehead atoms. The maximum absolute atomic E-state index is 12.1. The summed E-state index contributed by atoms with van der Waals surface area (Å²) in [5, 5.41) is 7.48. The molecule has 2 fully saturated rings. The monoisotopic (exact) mass is 251 g/mol. The van der Waals surface area contributed by atoms with Crippen LogP contribution in [0.15, 0.2) is 9.59 Å². The second-order valence-electron chi connectivity index (χ2n) is 5.06. The van der Waals surface area contributed by atoms with Crippen molar-refractivity contribution in [1.82, 2.24) is 19.7 Å². The molecule has 18 heavy (non-hydrogen) atoms. The Morgan fingerprint density at radius 1 is 1.28 bits per heavy atom. The zero-order valence-corrected chi connectivity index (χ0v) is 10.6. The van der Waals surface area contributed by atoms with Crippen LogP contribution < -0.4 is 21.5 Å². The van der Waals surface area contributed by atoms with Crippen LogP contribution >= 0.6 is 0 Å². The highest BCUT2D eigenvalue weighted by Gasteiger charge is 2.39. The van der Waals surface area contributed by atoms with Crippen molar-refractivity contribution in [3.8, 4) is 0 Å². The lowest BCUT2D eigenvalue weighted by Crippen LogP contribution is -2.45. The summed E-state index contributed by atoms with van der Waals surface area (Å²) < 4.78 is 2.35. The Balaban J connectivity index is 2.08. The summed E-state index contributed by atoms with van der Waals surface area (Å²) in [5.41, 5.74) is -0.685. The highest BCUT2D eigenvalue weighted by Crippen LogP contribution is 2.28. The second kappa shape index (κ2) is 3.94. The molecule has 2 aliphatic heterocycles. The van der Waals surface area contributed by atoms with E-state index in [1.54, 1.807) is 7.05 Å². The van der Waals surface area contributed by atoms with Crippen LogP contribution in [0.5, 0.6) is 0 Å². The van der Waals surface area contributed by atoms with Crippen molar-refractivity contribution >= 4 is 5.82 Å². The molecule has 0 amide bonds. The van der Waals surface area contributed by atoms with Crippen LogP contribution in [0.3, 0.4) is 0 Å². The topological polar surface area (TPSA) is 72.2 Å². The molecule has 0 aliphatic carbocycles. The number of anilines is 1. The third-order valence-electron chi connectivity index (χ3n) is 4.02. The average Bonchev–Trinajstić information content (AvgIpc) is 2.94. The molecule has 7 heteroatoms. The van der Waals surface area contributed by atoms with Gasteiger partial charge in [0.1, 0.15) is 0 Å². The molecule has 2 saturated heterocycles. The average molecular weight is 251 g/mol. The van der Waals surface area contributed by atoms with Crippen LogP contribution in [0.2, 0.25) is 0 Å². The maximum atomic E-state index is 12.1. The van der Waals surface area contributed by atoms with Crippen molar-refractivity contribution in [2.45, 2.75) is 12.5 Å². The van der Waals surface area contributed by atoms with Gasteiger partial charge in [0.15, 0.2) is 0 Å². The lowest BCUT2D eigenvalue weighted by molar-refractivity contribution is 0.558. The molecule has 7 nitrogen and oxygen atoms in total. The van der Waals surface area contributed by atoms with Gasteiger partial charge >= 0.3 is 5.69 Å². The summed E-state index contributed by atoms with van der Waals surface area (Å²) in [6.45, 7) is 2.74. The molecule has 3 rings (SSSR count). The first-order chi connectivity index (χ1) is 8.59. The third kappa shape index (κ3) is 1.50. The number of fused-ring (bicyclic) bond motifs is 1. The molecule has 98 valence electrons. The Hall–Kier alpha value is -1.63. The van der Waals surface area contributed by atoms with Crippen LogP contribution in [0.1, 0.15) is 6.42 Å². The van der Waals surface area contributed by atoms with E-state index in [2.05, 4.69) is 10.4 Å². The number of nitrogens with zero attached hydrogens (tertiary/aromatic N) is 4. The Morgan fingerprint density at radius 2 is 2.06 bits per heavy atom. The van der Waals surface area contributed by atoms with E-state index in [1.807, 2.05) is 4.90 Å². The molecule has 0 spiro atoms. The molecule has 0 aromatic carbocycles. The molecule has 0 saturated carbocycles. The number of nitrogens with one attached hydrogen (secondary N) is 1. The van der Waals surface area contributed by atoms with Gasteiger partial charge in [-0.1, -0.05) is 0 Å². The molecule has 1 N–H and O–H groups in total. The van der Waals surface area contributed by atoms with Crippen molar-refractivity contribution in [1.29, 1.82) is 0 Å². The predicted octanol–water partition coefficient (Wildman–Crippen LogP) is -1.72. The summed E-state index contributed by atoms with van der Waals surface area (Å²) in [4.78, 5) is 25.8. The van der Waals surface area contributed by atoms with E-state index in [1.165, 1.54) is 11.7 Å². The first kappa shape index (κ1) is 11.5. The van der Waals surface area contributed by atoms with Crippen LogP contribution in [0, 0.1) is 5.92 Å². The van der Waals surface area contributed by atoms with E-state index in [0.717, 1.165) is 30.6 Å². The van der Waals surface area contributed by atoms with Gasteiger partial charge in [-0.05, 0) is 12.3 Å². The van der Waals surface area contributed by atoms with Gasteiger partial charge in [-0.3, -0.25) is 9.36 Å². The summed E-state index contributed by atoms with van der Waals surface area (Å²) in [5.74, 6) is 0.990. The number of hydrogen-bond acceptors (Lipinski definition) is 5. The van der Waals surface area contributed by atoms with Gasteiger partial charge in [-0.25, -0.2) is 9.48 Å². The third-order valence-corrected chi connectivity index (χ3v) is 4.02. The van der Waals surface area contributed by atoms with Gasteiger partial charge in [-0.2, -0.15) is 0 Å². The Morgan fingerprint density at radius 3 is 2.83 bits per heavy atom. The number of aromatic nitrogens is 3. The van der Waals surface area contributed by atoms with E-state index < -0.39 is 0 Å². The van der Waals surface area contributed by atoms with Gasteiger partial charge in [-0.15, -0.1) is 5.10 Å². The Kier molecular flexibility index (Phi) is 2.51. The standard InChI is InChI=1S/C11H17N5O2/c1-14-10(17)9(13-15(2)11(14)18)16-4-3-7-5-12-6-8(7)16/h7-8,12H,3-6H2,1-2H3/t7-,8+/m0/s1. The largest absolute Gasteiger partial charge is 0.346 e. The van der Waals surface area contributed by atoms with E-state index in [0.29, 0.717) is 17.8 Å². The fourth-order valence-electron chi connectivity index (χ4n) is 2.97. The maximum Gasteiger partial charge on any atom is 0.346 e. The van der Waals surface area contributed by atoms with E-state index >= 15 is 0 Å². The fraction of sp³-hybridized carbons (Fsp3) is 0.727. The van der Waals surface area contributed by atoms with Gasteiger partial charge in [0.2, 0.25) is 5.82 Å². The SMILES string of the molecule is Cn1nc(N2CC[C@H]3CNC[C@H]32)c(=O)n(C)c1=O. The van der Waals surface area contributed by atoms with Crippen LogP contribution in [-0.2, 0) is 14.1 Å². The summed E-state index contributed by atoms with van der Waals surface area (Å²) >= 11 is 0. The minimum Gasteiger partial charge on any atom is -0.346 e. The van der Waals surface area contributed by atoms with E-state index in [9.17, 15) is 9.59 Å². The lowest BCUT2D eigenvalue weighted by atomic mass is 10.1. The summed E-state index contributed by atoms with van der Waals surface area (Å²) in [6.07, 6.45) is 1.07. The normalized spacial score (nSPS) is 26.7. The Labute approximate surface area is 104 Å². The zero-order chi connectivity index (χ0) is 12.9. The van der Waals surface area contributed by atoms with Crippen molar-refractivity contribution < 1.29 is 0 Å². The second-order valence-corrected chi connectivity index (χ2v) is 5.06. The smallest absolute Gasteiger partial charge is 0.346 e. The summed E-state index contributed by atoms with van der Waals surface area (Å²) in [6, 6.07) is 0.336. The quantitative estimate of drug-likeness (QED) is 0.642. The molecule has 3 heterocycles. The zero-order valence-electron chi connectivity index (χ0n) is 10.6. The van der Waals surface area contributed by atoms with Gasteiger partial charge in [0, 0.05) is 39.8 Å². The molecule has 1 aromatic heterocycles. The first-order valence-corrected chi connectivity index (χ1v) is 6.21. The fourth-order valence-corrected chi connectivity index (χ4v) is 2.97. The predicted molar refractivity (Wildman–Crippen MR) is 66.8 cm³/mol. The van der Waals surface area contributed by atoms with E-state index in [4.69, 9.17) is 0 Å². The van der Waals surface area contributed by atoms with Crippen molar-refractivity contribution in [2.75, 3.05) is 24.5 Å². The van der Waals surface area contributed by atoms with Crippen LogP contribution in [0.4, 0.5) is 5.82 Å². The van der Waals surface area contributed by atoms with Crippen molar-refractivity contribution in [2.24, 2.45) is 20.0 Å². The minimum absolute atomic E-state index is 0.300. The van der Waals surface area contributed by atoms with Gasteiger partial charge in [0.05, 0.1) is 0 Å². The van der Waals surface area contributed by atoms with Crippen LogP contribution in [-0.4, -0.2) is 40.0 Å². The molecule has 1 aromatic rings. The molecule has 0 unspecified atom stereocenters. The molecule has 2 atom stereocenters. The van der Waals surface area contributed by atoms with Crippen molar-refractivity contribution in [3.05, 3.63) is 20.8 Å². The molecular formula is C11H17N5O2. The number of hydrogen-bond donors (Lipinski definition) is 1. The highest BCUT2D eigenvalue weighted by atomic mass is 16.2. The first-order valence-electron chi connectivity index (χ1n) is 6.21. The molecule has 2 aliphatic rings.